The maximum absolute atomic E-state index is 13.6. The maximum Gasteiger partial charge on any atom is 0.265 e. The number of nitrogens with one attached hydrogen (secondary N) is 2. The van der Waals surface area contributed by atoms with Crippen LogP contribution in [0.2, 0.25) is 0 Å². The first-order valence-corrected chi connectivity index (χ1v) is 7.90. The lowest BCUT2D eigenvalue weighted by Gasteiger charge is -2.23. The van der Waals surface area contributed by atoms with Crippen LogP contribution >= 0.6 is 0 Å². The van der Waals surface area contributed by atoms with Crippen molar-refractivity contribution in [2.24, 2.45) is 0 Å². The fourth-order valence-electron chi connectivity index (χ4n) is 2.43. The Morgan fingerprint density at radius 2 is 2.12 bits per heavy atom. The molecule has 0 saturated carbocycles. The number of hydrogen-bond donors (Lipinski definition) is 2. The monoisotopic (exact) mass is 356 g/mol. The summed E-state index contributed by atoms with van der Waals surface area (Å²) in [5, 5.41) is 5.39. The molecule has 6 nitrogen and oxygen atoms in total. The highest BCUT2D eigenvalue weighted by molar-refractivity contribution is 6.03. The molecule has 0 aromatic heterocycles. The summed E-state index contributed by atoms with van der Waals surface area (Å²) < 4.78 is 23.9. The Hall–Kier alpha value is -3.35. The molecule has 1 aliphatic heterocycles. The molecule has 1 atom stereocenters. The zero-order valence-electron chi connectivity index (χ0n) is 14.2. The van der Waals surface area contributed by atoms with Gasteiger partial charge in [-0.05, 0) is 48.9 Å². The van der Waals surface area contributed by atoms with Gasteiger partial charge in [-0.2, -0.15) is 0 Å². The molecule has 1 heterocycles. The normalized spacial score (nSPS) is 15.8. The summed E-state index contributed by atoms with van der Waals surface area (Å²) >= 11 is 0. The Kier molecular flexibility index (Phi) is 4.88. The molecule has 0 spiro atoms. The van der Waals surface area contributed by atoms with Gasteiger partial charge in [0.05, 0.1) is 12.8 Å². The Balaban J connectivity index is 1.68. The predicted molar refractivity (Wildman–Crippen MR) is 95.8 cm³/mol. The van der Waals surface area contributed by atoms with Crippen molar-refractivity contribution in [3.05, 3.63) is 53.9 Å². The summed E-state index contributed by atoms with van der Waals surface area (Å²) in [5.41, 5.74) is 1.52. The van der Waals surface area contributed by atoms with Gasteiger partial charge < -0.3 is 20.1 Å². The highest BCUT2D eigenvalue weighted by atomic mass is 19.1. The van der Waals surface area contributed by atoms with Crippen molar-refractivity contribution in [3.8, 4) is 11.5 Å². The van der Waals surface area contributed by atoms with Gasteiger partial charge in [-0.15, -0.1) is 0 Å². The minimum Gasteiger partial charge on any atom is -0.494 e. The highest BCUT2D eigenvalue weighted by Gasteiger charge is 2.23. The number of rotatable bonds is 4. The van der Waals surface area contributed by atoms with E-state index in [4.69, 9.17) is 9.47 Å². The molecular formula is C19H17FN2O4. The van der Waals surface area contributed by atoms with E-state index in [1.807, 2.05) is 0 Å². The quantitative estimate of drug-likeness (QED) is 0.825. The molecule has 7 heteroatoms. The van der Waals surface area contributed by atoms with Gasteiger partial charge in [0.2, 0.25) is 5.91 Å². The van der Waals surface area contributed by atoms with Gasteiger partial charge in [-0.25, -0.2) is 4.39 Å². The molecule has 0 radical (unpaired) electrons. The van der Waals surface area contributed by atoms with E-state index in [0.29, 0.717) is 22.7 Å². The van der Waals surface area contributed by atoms with E-state index >= 15 is 0 Å². The van der Waals surface area contributed by atoms with Crippen LogP contribution in [-0.4, -0.2) is 25.0 Å². The number of carbonyl (C=O) groups is 2. The molecular weight excluding hydrogens is 339 g/mol. The van der Waals surface area contributed by atoms with Crippen molar-refractivity contribution in [2.75, 3.05) is 17.7 Å². The second-order valence-corrected chi connectivity index (χ2v) is 5.68. The fourth-order valence-corrected chi connectivity index (χ4v) is 2.43. The van der Waals surface area contributed by atoms with Crippen molar-refractivity contribution in [3.63, 3.8) is 0 Å². The van der Waals surface area contributed by atoms with Crippen LogP contribution in [0.3, 0.4) is 0 Å². The van der Waals surface area contributed by atoms with Crippen LogP contribution in [0.1, 0.15) is 12.5 Å². The molecule has 134 valence electrons. The summed E-state index contributed by atoms with van der Waals surface area (Å²) in [6.07, 6.45) is 2.22. The van der Waals surface area contributed by atoms with Gasteiger partial charge >= 0.3 is 0 Å². The molecule has 0 bridgehead atoms. The van der Waals surface area contributed by atoms with E-state index in [-0.39, 0.29) is 11.7 Å². The van der Waals surface area contributed by atoms with Crippen LogP contribution in [0.15, 0.2) is 42.5 Å². The third kappa shape index (κ3) is 3.83. The Morgan fingerprint density at radius 1 is 1.31 bits per heavy atom. The average Bonchev–Trinajstić information content (AvgIpc) is 2.61. The lowest BCUT2D eigenvalue weighted by atomic mass is 10.2. The number of amides is 2. The Bertz CT molecular complexity index is 895. The third-order valence-electron chi connectivity index (χ3n) is 3.78. The van der Waals surface area contributed by atoms with Crippen LogP contribution in [0, 0.1) is 5.82 Å². The van der Waals surface area contributed by atoms with E-state index in [1.165, 1.54) is 31.4 Å². The van der Waals surface area contributed by atoms with Crippen molar-refractivity contribution in [2.45, 2.75) is 13.0 Å². The number of benzene rings is 2. The lowest BCUT2D eigenvalue weighted by molar-refractivity contribution is -0.122. The molecule has 26 heavy (non-hydrogen) atoms. The second kappa shape index (κ2) is 7.26. The van der Waals surface area contributed by atoms with Crippen LogP contribution in [-0.2, 0) is 9.59 Å². The van der Waals surface area contributed by atoms with Crippen molar-refractivity contribution < 1.29 is 23.5 Å². The minimum atomic E-state index is -0.559. The summed E-state index contributed by atoms with van der Waals surface area (Å²) in [6, 6.07) is 9.34. The first-order chi connectivity index (χ1) is 12.5. The number of carbonyl (C=O) groups excluding carboxylic acids is 2. The molecule has 2 aromatic rings. The topological polar surface area (TPSA) is 76.7 Å². The van der Waals surface area contributed by atoms with E-state index < -0.39 is 17.8 Å². The first kappa shape index (κ1) is 17.5. The fraction of sp³-hybridized carbons (Fsp3) is 0.158. The zero-order valence-corrected chi connectivity index (χ0v) is 14.2. The Morgan fingerprint density at radius 3 is 2.85 bits per heavy atom. The summed E-state index contributed by atoms with van der Waals surface area (Å²) in [4.78, 5) is 23.7. The number of fused-ring (bicyclic) bond motifs is 1. The molecule has 0 aliphatic carbocycles. The number of ether oxygens (including phenoxy) is 2. The van der Waals surface area contributed by atoms with Crippen molar-refractivity contribution >= 4 is 29.3 Å². The van der Waals surface area contributed by atoms with Gasteiger partial charge in [0.15, 0.2) is 17.7 Å². The maximum atomic E-state index is 13.6. The molecule has 1 aliphatic rings. The summed E-state index contributed by atoms with van der Waals surface area (Å²) in [7, 11) is 1.38. The first-order valence-electron chi connectivity index (χ1n) is 7.90. The molecule has 3 rings (SSSR count). The number of hydrogen-bond acceptors (Lipinski definition) is 4. The van der Waals surface area contributed by atoms with Crippen LogP contribution in [0.25, 0.3) is 6.08 Å². The molecule has 2 amide bonds. The third-order valence-corrected chi connectivity index (χ3v) is 3.78. The number of anilines is 2. The molecule has 2 aromatic carbocycles. The standard InChI is InChI=1S/C19H17FN2O4/c1-11-19(24)22-15-10-13(5-7-17(15)26-11)21-18(23)8-4-12-3-6-16(25-2)14(20)9-12/h3-11H,1-2H3,(H,21,23)(H,22,24)/b8-4+. The van der Waals surface area contributed by atoms with E-state index in [9.17, 15) is 14.0 Å². The van der Waals surface area contributed by atoms with Crippen LogP contribution < -0.4 is 20.1 Å². The molecule has 0 saturated heterocycles. The molecule has 1 unspecified atom stereocenters. The lowest BCUT2D eigenvalue weighted by Crippen LogP contribution is -2.34. The highest BCUT2D eigenvalue weighted by Crippen LogP contribution is 2.32. The summed E-state index contributed by atoms with van der Waals surface area (Å²) in [6.45, 7) is 1.65. The number of methoxy groups -OCH3 is 1. The SMILES string of the molecule is COc1ccc(/C=C/C(=O)Nc2ccc3c(c2)NC(=O)C(C)O3)cc1F. The number of halogens is 1. The van der Waals surface area contributed by atoms with Crippen molar-refractivity contribution in [1.29, 1.82) is 0 Å². The van der Waals surface area contributed by atoms with Crippen molar-refractivity contribution in [1.82, 2.24) is 0 Å². The van der Waals surface area contributed by atoms with Gasteiger partial charge in [0.25, 0.3) is 5.91 Å². The second-order valence-electron chi connectivity index (χ2n) is 5.68. The molecule has 0 fully saturated rings. The van der Waals surface area contributed by atoms with Crippen LogP contribution in [0.5, 0.6) is 11.5 Å². The van der Waals surface area contributed by atoms with E-state index in [0.717, 1.165) is 0 Å². The Labute approximate surface area is 149 Å². The smallest absolute Gasteiger partial charge is 0.265 e. The predicted octanol–water partition coefficient (Wildman–Crippen LogP) is 3.21. The van der Waals surface area contributed by atoms with Gasteiger partial charge in [0, 0.05) is 11.8 Å². The largest absolute Gasteiger partial charge is 0.494 e. The van der Waals surface area contributed by atoms with Gasteiger partial charge in [0.1, 0.15) is 5.75 Å². The zero-order chi connectivity index (χ0) is 18.7. The summed E-state index contributed by atoms with van der Waals surface area (Å²) in [5.74, 6) is -0.465. The van der Waals surface area contributed by atoms with Crippen LogP contribution in [0.4, 0.5) is 15.8 Å². The van der Waals surface area contributed by atoms with Gasteiger partial charge in [-0.3, -0.25) is 9.59 Å². The van der Waals surface area contributed by atoms with E-state index in [2.05, 4.69) is 10.6 Å². The van der Waals surface area contributed by atoms with Gasteiger partial charge in [-0.1, -0.05) is 6.07 Å². The molecule has 2 N–H and O–H groups in total. The average molecular weight is 356 g/mol. The minimum absolute atomic E-state index is 0.138. The van der Waals surface area contributed by atoms with E-state index in [1.54, 1.807) is 31.2 Å².